The van der Waals surface area contributed by atoms with E-state index in [2.05, 4.69) is 5.32 Å². The summed E-state index contributed by atoms with van der Waals surface area (Å²) >= 11 is 0. The number of imide groups is 1. The molecule has 0 spiro atoms. The first-order valence-corrected chi connectivity index (χ1v) is 9.22. The Kier molecular flexibility index (Phi) is 8.58. The Bertz CT molecular complexity index is 895. The Morgan fingerprint density at radius 1 is 1.10 bits per heavy atom. The van der Waals surface area contributed by atoms with Gasteiger partial charge in [0.05, 0.1) is 6.61 Å². The fraction of sp³-hybridized carbons (Fsp3) is 0.227. The highest BCUT2D eigenvalue weighted by Crippen LogP contribution is 2.30. The van der Waals surface area contributed by atoms with Gasteiger partial charge in [-0.15, -0.1) is 0 Å². The van der Waals surface area contributed by atoms with Crippen molar-refractivity contribution in [3.63, 3.8) is 0 Å². The van der Waals surface area contributed by atoms with Crippen LogP contribution in [0.15, 0.2) is 66.7 Å². The Morgan fingerprint density at radius 2 is 1.83 bits per heavy atom. The van der Waals surface area contributed by atoms with E-state index < -0.39 is 30.0 Å². The first-order chi connectivity index (χ1) is 14.4. The second kappa shape index (κ2) is 11.4. The number of nitrogens with one attached hydrogen (secondary N) is 1. The summed E-state index contributed by atoms with van der Waals surface area (Å²) in [5.74, 6) is -1.82. The second-order valence-corrected chi connectivity index (χ2v) is 6.35. The Labute approximate surface area is 173 Å². The highest BCUT2D eigenvalue weighted by Gasteiger charge is 2.24. The lowest BCUT2D eigenvalue weighted by Crippen LogP contribution is -2.33. The first-order valence-electron chi connectivity index (χ1n) is 9.22. The normalized spacial score (nSPS) is 12.7. The summed E-state index contributed by atoms with van der Waals surface area (Å²) in [4.78, 5) is 35.4. The molecule has 2 rings (SSSR count). The minimum atomic E-state index is -1.13. The number of ether oxygens (including phenoxy) is 2. The van der Waals surface area contributed by atoms with E-state index in [9.17, 15) is 14.4 Å². The molecule has 0 unspecified atom stereocenters. The van der Waals surface area contributed by atoms with E-state index >= 15 is 0 Å². The third-order valence-electron chi connectivity index (χ3n) is 4.05. The number of hydrogen-bond donors (Lipinski definition) is 3. The number of aliphatic hydroxyl groups is 1. The topological polar surface area (TPSA) is 122 Å². The molecule has 0 saturated carbocycles. The molecule has 0 aliphatic carbocycles. The van der Waals surface area contributed by atoms with E-state index in [1.165, 1.54) is 6.08 Å². The van der Waals surface area contributed by atoms with E-state index in [0.29, 0.717) is 16.9 Å². The Balaban J connectivity index is 2.20. The fourth-order valence-electron chi connectivity index (χ4n) is 2.66. The average Bonchev–Trinajstić information content (AvgIpc) is 2.75. The molecule has 0 fully saturated rings. The van der Waals surface area contributed by atoms with Gasteiger partial charge >= 0.3 is 12.1 Å². The molecule has 2 atom stereocenters. The van der Waals surface area contributed by atoms with Crippen LogP contribution in [0.25, 0.3) is 0 Å². The second-order valence-electron chi connectivity index (χ2n) is 6.35. The van der Waals surface area contributed by atoms with Crippen LogP contribution >= 0.6 is 0 Å². The van der Waals surface area contributed by atoms with Crippen LogP contribution < -0.4 is 10.1 Å². The molecule has 0 aliphatic rings. The van der Waals surface area contributed by atoms with Gasteiger partial charge in [-0.1, -0.05) is 43.3 Å². The average molecular weight is 413 g/mol. The molecular weight excluding hydrogens is 390 g/mol. The molecule has 30 heavy (non-hydrogen) atoms. The van der Waals surface area contributed by atoms with Gasteiger partial charge in [-0.2, -0.15) is 0 Å². The van der Waals surface area contributed by atoms with Crippen molar-refractivity contribution in [1.82, 2.24) is 5.32 Å². The van der Waals surface area contributed by atoms with Crippen molar-refractivity contribution in [2.24, 2.45) is 5.92 Å². The maximum absolute atomic E-state index is 12.4. The molecule has 8 nitrogen and oxygen atoms in total. The molecule has 2 aromatic rings. The molecule has 158 valence electrons. The molecule has 2 amide bonds. The number of carbonyl (C=O) groups is 3. The fourth-order valence-corrected chi connectivity index (χ4v) is 2.66. The number of carbonyl (C=O) groups excluding carboxylic acids is 2. The van der Waals surface area contributed by atoms with Gasteiger partial charge in [0.25, 0.3) is 5.91 Å². The summed E-state index contributed by atoms with van der Waals surface area (Å²) in [6.45, 7) is 1.61. The van der Waals surface area contributed by atoms with Crippen molar-refractivity contribution in [2.45, 2.75) is 13.0 Å². The van der Waals surface area contributed by atoms with Crippen LogP contribution in [-0.4, -0.2) is 41.4 Å². The van der Waals surface area contributed by atoms with Crippen LogP contribution in [0.2, 0.25) is 0 Å². The first kappa shape index (κ1) is 22.6. The molecule has 2 aromatic carbocycles. The zero-order valence-electron chi connectivity index (χ0n) is 16.4. The van der Waals surface area contributed by atoms with E-state index in [1.807, 2.05) is 0 Å². The van der Waals surface area contributed by atoms with Crippen molar-refractivity contribution in [2.75, 3.05) is 13.2 Å². The van der Waals surface area contributed by atoms with Gasteiger partial charge in [-0.25, -0.2) is 9.59 Å². The lowest BCUT2D eigenvalue weighted by Gasteiger charge is -2.23. The van der Waals surface area contributed by atoms with Crippen molar-refractivity contribution in [1.29, 1.82) is 0 Å². The van der Waals surface area contributed by atoms with Gasteiger partial charge in [0.2, 0.25) is 0 Å². The summed E-state index contributed by atoms with van der Waals surface area (Å²) in [5, 5.41) is 20.0. The molecular formula is C22H23NO7. The van der Waals surface area contributed by atoms with Gasteiger partial charge < -0.3 is 19.7 Å². The van der Waals surface area contributed by atoms with Crippen molar-refractivity contribution >= 4 is 18.0 Å². The van der Waals surface area contributed by atoms with Gasteiger partial charge in [0.15, 0.2) is 0 Å². The van der Waals surface area contributed by atoms with E-state index in [4.69, 9.17) is 19.7 Å². The monoisotopic (exact) mass is 413 g/mol. The zero-order chi connectivity index (χ0) is 21.9. The molecule has 0 heterocycles. The number of aliphatic carboxylic acids is 1. The number of amides is 2. The zero-order valence-corrected chi connectivity index (χ0v) is 16.4. The summed E-state index contributed by atoms with van der Waals surface area (Å²) in [5.41, 5.74) is 0.833. The molecule has 0 radical (unpaired) electrons. The van der Waals surface area contributed by atoms with Gasteiger partial charge in [-0.05, 0) is 29.8 Å². The minimum Gasteiger partial charge on any atom is -0.491 e. The van der Waals surface area contributed by atoms with Crippen molar-refractivity contribution < 1.29 is 34.1 Å². The number of hydrogen-bond acceptors (Lipinski definition) is 6. The highest BCUT2D eigenvalue weighted by atomic mass is 16.6. The van der Waals surface area contributed by atoms with Gasteiger partial charge in [0, 0.05) is 17.6 Å². The van der Waals surface area contributed by atoms with Crippen LogP contribution in [0.1, 0.15) is 28.9 Å². The Hall–Kier alpha value is -3.65. The molecule has 0 aromatic heterocycles. The lowest BCUT2D eigenvalue weighted by molar-refractivity contribution is -0.131. The number of carboxylic acid groups (broad SMARTS) is 1. The minimum absolute atomic E-state index is 0.0928. The van der Waals surface area contributed by atoms with Gasteiger partial charge in [0.1, 0.15) is 18.5 Å². The number of benzene rings is 2. The number of rotatable bonds is 9. The molecule has 0 aliphatic heterocycles. The maximum atomic E-state index is 12.4. The third kappa shape index (κ3) is 7.06. The summed E-state index contributed by atoms with van der Waals surface area (Å²) in [7, 11) is 0. The smallest absolute Gasteiger partial charge is 0.414 e. The summed E-state index contributed by atoms with van der Waals surface area (Å²) < 4.78 is 10.8. The van der Waals surface area contributed by atoms with Crippen LogP contribution in [0.4, 0.5) is 4.79 Å². The SMILES string of the molecule is C[C@H](/C=C/C(=O)O)[C@@H](OC(=O)NC(=O)c1ccccc1)c1cccc(OCCO)c1. The predicted molar refractivity (Wildman–Crippen MR) is 108 cm³/mol. The summed E-state index contributed by atoms with van der Waals surface area (Å²) in [6.07, 6.45) is 0.494. The number of carboxylic acids is 1. The largest absolute Gasteiger partial charge is 0.491 e. The van der Waals surface area contributed by atoms with Gasteiger partial charge in [-0.3, -0.25) is 10.1 Å². The van der Waals surface area contributed by atoms with Crippen molar-refractivity contribution in [3.8, 4) is 5.75 Å². The summed E-state index contributed by atoms with van der Waals surface area (Å²) in [6, 6.07) is 14.9. The third-order valence-corrected chi connectivity index (χ3v) is 4.05. The van der Waals surface area contributed by atoms with Crippen molar-refractivity contribution in [3.05, 3.63) is 77.9 Å². The van der Waals surface area contributed by atoms with Crippen LogP contribution in [0, 0.1) is 5.92 Å². The van der Waals surface area contributed by atoms with Crippen LogP contribution in [0.5, 0.6) is 5.75 Å². The van der Waals surface area contributed by atoms with E-state index in [-0.39, 0.29) is 13.2 Å². The number of aliphatic hydroxyl groups excluding tert-OH is 1. The van der Waals surface area contributed by atoms with Crippen LogP contribution in [0.3, 0.4) is 0 Å². The lowest BCUT2D eigenvalue weighted by atomic mass is 9.96. The Morgan fingerprint density at radius 3 is 2.50 bits per heavy atom. The van der Waals surface area contributed by atoms with Crippen LogP contribution in [-0.2, 0) is 9.53 Å². The number of alkyl carbamates (subject to hydrolysis) is 1. The maximum Gasteiger partial charge on any atom is 0.414 e. The van der Waals surface area contributed by atoms with E-state index in [1.54, 1.807) is 61.5 Å². The molecule has 8 heteroatoms. The highest BCUT2D eigenvalue weighted by molar-refractivity contribution is 6.02. The molecule has 3 N–H and O–H groups in total. The predicted octanol–water partition coefficient (Wildman–Crippen LogP) is 2.94. The quantitative estimate of drug-likeness (QED) is 0.540. The molecule has 0 bridgehead atoms. The molecule has 0 saturated heterocycles. The van der Waals surface area contributed by atoms with E-state index in [0.717, 1.165) is 6.08 Å². The standard InChI is InChI=1S/C22H23NO7/c1-15(10-11-19(25)26)20(17-8-5-9-18(14-17)29-13-12-24)30-22(28)23-21(27)16-6-3-2-4-7-16/h2-11,14-15,20,24H,12-13H2,1H3,(H,25,26)(H,23,27,28)/b11-10+/t15-,20-/m1/s1.